The van der Waals surface area contributed by atoms with E-state index in [1.165, 1.54) is 24.8 Å². The average Bonchev–Trinajstić information content (AvgIpc) is 3.32. The third-order valence-corrected chi connectivity index (χ3v) is 8.23. The van der Waals surface area contributed by atoms with E-state index >= 15 is 0 Å². The van der Waals surface area contributed by atoms with E-state index in [1.807, 2.05) is 18.2 Å². The second-order valence-corrected chi connectivity index (χ2v) is 9.69. The lowest BCUT2D eigenvalue weighted by Crippen LogP contribution is -2.69. The van der Waals surface area contributed by atoms with Crippen LogP contribution in [0.3, 0.4) is 0 Å². The summed E-state index contributed by atoms with van der Waals surface area (Å²) in [6.07, 6.45) is 5.38. The summed E-state index contributed by atoms with van der Waals surface area (Å²) >= 11 is 0. The number of rotatable bonds is 1. The Morgan fingerprint density at radius 2 is 1.67 bits per heavy atom. The van der Waals surface area contributed by atoms with Gasteiger partial charge >= 0.3 is 5.97 Å². The van der Waals surface area contributed by atoms with Gasteiger partial charge in [-0.3, -0.25) is 0 Å². The minimum Gasteiger partial charge on any atom is -0.431 e. The van der Waals surface area contributed by atoms with Crippen molar-refractivity contribution in [2.45, 2.75) is 49.4 Å². The van der Waals surface area contributed by atoms with Gasteiger partial charge in [-0.1, -0.05) is 67.1 Å². The maximum absolute atomic E-state index is 13.2. The highest BCUT2D eigenvalue weighted by Gasteiger charge is 2.67. The van der Waals surface area contributed by atoms with Crippen molar-refractivity contribution in [3.8, 4) is 0 Å². The molecule has 1 aliphatic carbocycles. The summed E-state index contributed by atoms with van der Waals surface area (Å²) in [6.45, 7) is 0. The molecule has 168 valence electrons. The van der Waals surface area contributed by atoms with Crippen molar-refractivity contribution in [1.29, 1.82) is 0 Å². The number of carbonyl (C=O) groups excluding carboxylic acids is 1. The zero-order chi connectivity index (χ0) is 21.3. The van der Waals surface area contributed by atoms with Crippen molar-refractivity contribution >= 4 is 17.3 Å². The van der Waals surface area contributed by atoms with Crippen molar-refractivity contribution in [3.05, 3.63) is 95.6 Å². The van der Waals surface area contributed by atoms with Crippen molar-refractivity contribution in [3.63, 3.8) is 0 Å². The van der Waals surface area contributed by atoms with E-state index in [9.17, 15) is 4.79 Å². The minimum atomic E-state index is -0.804. The first-order valence-corrected chi connectivity index (χ1v) is 11.8. The average molecular weight is 441 g/mol. The summed E-state index contributed by atoms with van der Waals surface area (Å²) < 4.78 is 6.47. The molecule has 2 spiro atoms. The molecule has 0 bridgehead atoms. The van der Waals surface area contributed by atoms with Crippen LogP contribution in [0, 0.1) is 5.92 Å². The molecule has 4 atom stereocenters. The van der Waals surface area contributed by atoms with E-state index in [1.54, 1.807) is 0 Å². The number of carbonyl (C=O) groups is 1. The predicted octanol–water partition coefficient (Wildman–Crippen LogP) is 5.19. The predicted molar refractivity (Wildman–Crippen MR) is 128 cm³/mol. The Morgan fingerprint density at radius 3 is 2.55 bits per heavy atom. The molecule has 33 heavy (non-hydrogen) atoms. The maximum Gasteiger partial charge on any atom is 0.341 e. The third-order valence-electron chi connectivity index (χ3n) is 8.23. The minimum absolute atomic E-state index is 0. The largest absolute Gasteiger partial charge is 0.431 e. The van der Waals surface area contributed by atoms with Crippen LogP contribution in [-0.4, -0.2) is 17.1 Å². The summed E-state index contributed by atoms with van der Waals surface area (Å²) in [5, 5.41) is 3.98. The summed E-state index contributed by atoms with van der Waals surface area (Å²) in [7, 11) is 0. The quantitative estimate of drug-likeness (QED) is 0.529. The number of benzene rings is 3. The van der Waals surface area contributed by atoms with Crippen LogP contribution in [0.15, 0.2) is 78.9 Å². The fourth-order valence-electron chi connectivity index (χ4n) is 7.11. The number of ether oxygens (including phenoxy) is 1. The SMILES string of the molecule is O.O=C1OC2(CC(c3ccccc3)C3CCCCC34Nc3ccccc3N24)c2ccccc21. The van der Waals surface area contributed by atoms with E-state index in [4.69, 9.17) is 4.74 Å². The van der Waals surface area contributed by atoms with Crippen LogP contribution >= 0.6 is 0 Å². The van der Waals surface area contributed by atoms with Gasteiger partial charge in [0.25, 0.3) is 0 Å². The van der Waals surface area contributed by atoms with Crippen LogP contribution in [0.5, 0.6) is 0 Å². The summed E-state index contributed by atoms with van der Waals surface area (Å²) in [4.78, 5) is 15.6. The first kappa shape index (κ1) is 20.3. The molecule has 3 heterocycles. The highest BCUT2D eigenvalue weighted by atomic mass is 16.6. The van der Waals surface area contributed by atoms with Gasteiger partial charge in [0.15, 0.2) is 0 Å². The number of piperidine rings is 1. The second kappa shape index (κ2) is 7.09. The normalized spacial score (nSPS) is 30.9. The summed E-state index contributed by atoms with van der Waals surface area (Å²) in [5.74, 6) is 0.526. The molecule has 2 fully saturated rings. The number of nitrogens with zero attached hydrogens (tertiary/aromatic N) is 1. The highest BCUT2D eigenvalue weighted by molar-refractivity contribution is 5.96. The maximum atomic E-state index is 13.2. The van der Waals surface area contributed by atoms with Crippen LogP contribution in [0.2, 0.25) is 0 Å². The molecule has 3 aromatic carbocycles. The first-order chi connectivity index (χ1) is 15.7. The molecule has 7 rings (SSSR count). The first-order valence-electron chi connectivity index (χ1n) is 11.8. The molecule has 4 aliphatic rings. The standard InChI is InChI=1S/C28H26N2O2.H2O/c31-26-20-12-4-5-14-23(20)28(32-26)18-21(19-10-2-1-3-11-19)22-13-8-9-17-27(22)29-24-15-6-7-16-25(24)30(27)28;/h1-7,10-12,14-16,21-22,29H,8-9,13,17-18H2;1H2. The molecular formula is C28H28N2O3. The molecular weight excluding hydrogens is 412 g/mol. The molecule has 1 saturated heterocycles. The Hall–Kier alpha value is -3.31. The number of hydrogen-bond donors (Lipinski definition) is 1. The van der Waals surface area contributed by atoms with E-state index in [2.05, 4.69) is 70.9 Å². The van der Waals surface area contributed by atoms with E-state index in [0.29, 0.717) is 17.4 Å². The topological polar surface area (TPSA) is 73.1 Å². The molecule has 0 radical (unpaired) electrons. The molecule has 3 N–H and O–H groups in total. The molecule has 0 aromatic heterocycles. The van der Waals surface area contributed by atoms with Gasteiger partial charge in [-0.2, -0.15) is 0 Å². The van der Waals surface area contributed by atoms with Crippen molar-refractivity contribution in [2.75, 3.05) is 10.2 Å². The van der Waals surface area contributed by atoms with Gasteiger partial charge in [0.1, 0.15) is 5.66 Å². The zero-order valence-electron chi connectivity index (χ0n) is 18.5. The van der Waals surface area contributed by atoms with Crippen LogP contribution in [0.4, 0.5) is 11.4 Å². The molecule has 3 aliphatic heterocycles. The van der Waals surface area contributed by atoms with Crippen molar-refractivity contribution in [2.24, 2.45) is 5.92 Å². The monoisotopic (exact) mass is 440 g/mol. The van der Waals surface area contributed by atoms with E-state index < -0.39 is 5.72 Å². The van der Waals surface area contributed by atoms with Gasteiger partial charge in [-0.25, -0.2) is 4.79 Å². The van der Waals surface area contributed by atoms with Crippen molar-refractivity contribution < 1.29 is 15.0 Å². The number of hydrogen-bond acceptors (Lipinski definition) is 4. The number of anilines is 2. The van der Waals surface area contributed by atoms with E-state index in [0.717, 1.165) is 29.8 Å². The fraction of sp³-hybridized carbons (Fsp3) is 0.321. The number of para-hydroxylation sites is 2. The van der Waals surface area contributed by atoms with Gasteiger partial charge < -0.3 is 20.4 Å². The molecule has 5 heteroatoms. The Balaban J connectivity index is 0.00000206. The molecule has 4 unspecified atom stereocenters. The Labute approximate surface area is 193 Å². The van der Waals surface area contributed by atoms with E-state index in [-0.39, 0.29) is 17.1 Å². The van der Waals surface area contributed by atoms with Crippen LogP contribution in [0.25, 0.3) is 0 Å². The summed E-state index contributed by atoms with van der Waals surface area (Å²) in [6, 6.07) is 27.4. The second-order valence-electron chi connectivity index (χ2n) is 9.69. The lowest BCUT2D eigenvalue weighted by atomic mass is 9.62. The molecule has 3 aromatic rings. The Morgan fingerprint density at radius 1 is 0.909 bits per heavy atom. The molecule has 1 saturated carbocycles. The fourth-order valence-corrected chi connectivity index (χ4v) is 7.11. The van der Waals surface area contributed by atoms with Gasteiger partial charge in [-0.15, -0.1) is 0 Å². The summed E-state index contributed by atoms with van der Waals surface area (Å²) in [5.41, 5.74) is 4.28. The Bertz CT molecular complexity index is 1230. The Kier molecular flexibility index (Phi) is 4.36. The highest BCUT2D eigenvalue weighted by Crippen LogP contribution is 2.65. The van der Waals surface area contributed by atoms with Crippen LogP contribution in [-0.2, 0) is 10.5 Å². The zero-order valence-corrected chi connectivity index (χ0v) is 18.5. The van der Waals surface area contributed by atoms with Gasteiger partial charge in [0, 0.05) is 17.9 Å². The molecule has 0 amide bonds. The van der Waals surface area contributed by atoms with Crippen LogP contribution < -0.4 is 10.2 Å². The number of nitrogens with one attached hydrogen (secondary N) is 1. The van der Waals surface area contributed by atoms with Gasteiger partial charge in [-0.05, 0) is 48.9 Å². The number of esters is 1. The molecule has 5 nitrogen and oxygen atoms in total. The van der Waals surface area contributed by atoms with Gasteiger partial charge in [0.05, 0.1) is 16.9 Å². The smallest absolute Gasteiger partial charge is 0.341 e. The number of fused-ring (bicyclic) bond motifs is 5. The van der Waals surface area contributed by atoms with Gasteiger partial charge in [0.2, 0.25) is 5.72 Å². The lowest BCUT2D eigenvalue weighted by molar-refractivity contribution is -0.0663. The van der Waals surface area contributed by atoms with Crippen LogP contribution in [0.1, 0.15) is 59.5 Å². The lowest BCUT2D eigenvalue weighted by Gasteiger charge is -2.61. The van der Waals surface area contributed by atoms with Crippen molar-refractivity contribution in [1.82, 2.24) is 0 Å². The third kappa shape index (κ3) is 2.54.